The van der Waals surface area contributed by atoms with E-state index in [9.17, 15) is 4.79 Å². The fraction of sp³-hybridized carbons (Fsp3) is 0.667. The summed E-state index contributed by atoms with van der Waals surface area (Å²) >= 11 is 0. The van der Waals surface area contributed by atoms with E-state index in [0.29, 0.717) is 12.2 Å². The molecule has 0 N–H and O–H groups in total. The lowest BCUT2D eigenvalue weighted by molar-refractivity contribution is 0.0780. The standard InChI is InChI=1S/C9H17N5O/c1-12(2)5-6-13(3)9(15)8-7-14(4)11-10-8/h7H,5-6H2,1-4H3. The maximum absolute atomic E-state index is 11.8. The highest BCUT2D eigenvalue weighted by Crippen LogP contribution is 1.97. The van der Waals surface area contributed by atoms with Crippen LogP contribution < -0.4 is 0 Å². The number of likely N-dealkylation sites (N-methyl/N-ethyl adjacent to an activating group) is 2. The Morgan fingerprint density at radius 2 is 2.07 bits per heavy atom. The van der Waals surface area contributed by atoms with Crippen molar-refractivity contribution in [3.05, 3.63) is 11.9 Å². The van der Waals surface area contributed by atoms with Gasteiger partial charge in [0, 0.05) is 27.2 Å². The molecule has 1 rings (SSSR count). The Kier molecular flexibility index (Phi) is 3.79. The minimum atomic E-state index is -0.0926. The van der Waals surface area contributed by atoms with Crippen molar-refractivity contribution in [1.29, 1.82) is 0 Å². The van der Waals surface area contributed by atoms with Crippen LogP contribution in [0, 0.1) is 0 Å². The molecule has 0 bridgehead atoms. The third-order valence-electron chi connectivity index (χ3n) is 2.05. The van der Waals surface area contributed by atoms with E-state index in [1.54, 1.807) is 25.2 Å². The average Bonchev–Trinajstić information content (AvgIpc) is 2.60. The highest BCUT2D eigenvalue weighted by Gasteiger charge is 2.14. The lowest BCUT2D eigenvalue weighted by Gasteiger charge is -2.18. The van der Waals surface area contributed by atoms with E-state index in [-0.39, 0.29) is 5.91 Å². The molecular weight excluding hydrogens is 194 g/mol. The number of hydrogen-bond donors (Lipinski definition) is 0. The van der Waals surface area contributed by atoms with Crippen LogP contribution in [0.5, 0.6) is 0 Å². The lowest BCUT2D eigenvalue weighted by atomic mass is 10.4. The first-order valence-electron chi connectivity index (χ1n) is 4.77. The largest absolute Gasteiger partial charge is 0.339 e. The van der Waals surface area contributed by atoms with E-state index in [1.807, 2.05) is 19.0 Å². The van der Waals surface area contributed by atoms with Crippen molar-refractivity contribution in [3.8, 4) is 0 Å². The van der Waals surface area contributed by atoms with Crippen LogP contribution in [0.15, 0.2) is 6.20 Å². The van der Waals surface area contributed by atoms with Gasteiger partial charge in [-0.25, -0.2) is 0 Å². The van der Waals surface area contributed by atoms with E-state index < -0.39 is 0 Å². The van der Waals surface area contributed by atoms with E-state index in [1.165, 1.54) is 4.68 Å². The predicted octanol–water partition coefficient (Wildman–Crippen LogP) is -0.551. The molecule has 0 fully saturated rings. The molecule has 0 aliphatic rings. The molecule has 1 amide bonds. The van der Waals surface area contributed by atoms with Gasteiger partial charge in [0.05, 0.1) is 6.20 Å². The van der Waals surface area contributed by atoms with Gasteiger partial charge in [0.15, 0.2) is 5.69 Å². The molecule has 0 saturated carbocycles. The van der Waals surface area contributed by atoms with E-state index >= 15 is 0 Å². The SMILES string of the molecule is CN(C)CCN(C)C(=O)c1cn(C)nn1. The van der Waals surface area contributed by atoms with E-state index in [0.717, 1.165) is 6.54 Å². The van der Waals surface area contributed by atoms with Crippen LogP contribution in [0.1, 0.15) is 10.5 Å². The minimum Gasteiger partial charge on any atom is -0.339 e. The van der Waals surface area contributed by atoms with Crippen LogP contribution in [0.2, 0.25) is 0 Å². The first-order valence-corrected chi connectivity index (χ1v) is 4.77. The third kappa shape index (κ3) is 3.32. The molecular formula is C9H17N5O. The number of nitrogens with zero attached hydrogens (tertiary/aromatic N) is 5. The molecule has 0 radical (unpaired) electrons. The fourth-order valence-corrected chi connectivity index (χ4v) is 1.09. The van der Waals surface area contributed by atoms with Gasteiger partial charge in [-0.15, -0.1) is 5.10 Å². The molecule has 0 saturated heterocycles. The van der Waals surface area contributed by atoms with Gasteiger partial charge in [-0.3, -0.25) is 9.48 Å². The molecule has 0 aliphatic carbocycles. The van der Waals surface area contributed by atoms with Crippen molar-refractivity contribution in [3.63, 3.8) is 0 Å². The number of carbonyl (C=O) groups is 1. The van der Waals surface area contributed by atoms with Gasteiger partial charge in [0.25, 0.3) is 5.91 Å². The Hall–Kier alpha value is -1.43. The summed E-state index contributed by atoms with van der Waals surface area (Å²) in [5, 5.41) is 7.50. The van der Waals surface area contributed by atoms with Gasteiger partial charge in [-0.1, -0.05) is 5.21 Å². The maximum atomic E-state index is 11.8. The normalized spacial score (nSPS) is 10.7. The van der Waals surface area contributed by atoms with Crippen molar-refractivity contribution in [1.82, 2.24) is 24.8 Å². The van der Waals surface area contributed by atoms with Crippen molar-refractivity contribution >= 4 is 5.91 Å². The molecule has 0 spiro atoms. The molecule has 0 atom stereocenters. The summed E-state index contributed by atoms with van der Waals surface area (Å²) in [6.45, 7) is 1.52. The summed E-state index contributed by atoms with van der Waals surface area (Å²) in [7, 11) is 7.45. The van der Waals surface area contributed by atoms with E-state index in [2.05, 4.69) is 10.3 Å². The summed E-state index contributed by atoms with van der Waals surface area (Å²) < 4.78 is 1.52. The zero-order valence-corrected chi connectivity index (χ0v) is 9.64. The van der Waals surface area contributed by atoms with Crippen molar-refractivity contribution in [2.24, 2.45) is 7.05 Å². The van der Waals surface area contributed by atoms with Crippen molar-refractivity contribution in [2.75, 3.05) is 34.2 Å². The van der Waals surface area contributed by atoms with Crippen molar-refractivity contribution in [2.45, 2.75) is 0 Å². The molecule has 15 heavy (non-hydrogen) atoms. The predicted molar refractivity (Wildman–Crippen MR) is 56.5 cm³/mol. The molecule has 1 aromatic rings. The van der Waals surface area contributed by atoms with Crippen LogP contribution in [-0.2, 0) is 7.05 Å². The zero-order chi connectivity index (χ0) is 11.4. The number of carbonyl (C=O) groups excluding carboxylic acids is 1. The van der Waals surface area contributed by atoms with Gasteiger partial charge >= 0.3 is 0 Å². The topological polar surface area (TPSA) is 54.3 Å². The lowest BCUT2D eigenvalue weighted by Crippen LogP contribution is -2.33. The van der Waals surface area contributed by atoms with Gasteiger partial charge in [-0.05, 0) is 14.1 Å². The zero-order valence-electron chi connectivity index (χ0n) is 9.64. The maximum Gasteiger partial charge on any atom is 0.275 e. The van der Waals surface area contributed by atoms with Gasteiger partial charge in [0.1, 0.15) is 0 Å². The minimum absolute atomic E-state index is 0.0926. The van der Waals surface area contributed by atoms with Crippen LogP contribution >= 0.6 is 0 Å². The smallest absolute Gasteiger partial charge is 0.275 e. The Labute approximate surface area is 89.5 Å². The molecule has 6 heteroatoms. The molecule has 1 heterocycles. The molecule has 0 unspecified atom stereocenters. The first kappa shape index (κ1) is 11.6. The molecule has 0 aliphatic heterocycles. The third-order valence-corrected chi connectivity index (χ3v) is 2.05. The fourth-order valence-electron chi connectivity index (χ4n) is 1.09. The van der Waals surface area contributed by atoms with Gasteiger partial charge in [0.2, 0.25) is 0 Å². The molecule has 1 aromatic heterocycles. The summed E-state index contributed by atoms with van der Waals surface area (Å²) in [6.07, 6.45) is 1.62. The Balaban J connectivity index is 2.53. The highest BCUT2D eigenvalue weighted by molar-refractivity contribution is 5.91. The number of aromatic nitrogens is 3. The Morgan fingerprint density at radius 3 is 2.53 bits per heavy atom. The highest BCUT2D eigenvalue weighted by atomic mass is 16.2. The summed E-state index contributed by atoms with van der Waals surface area (Å²) in [6, 6.07) is 0. The van der Waals surface area contributed by atoms with Gasteiger partial charge < -0.3 is 9.80 Å². The second-order valence-electron chi connectivity index (χ2n) is 3.81. The Bertz CT molecular complexity index is 333. The number of amides is 1. The average molecular weight is 211 g/mol. The number of aryl methyl sites for hydroxylation is 1. The Morgan fingerprint density at radius 1 is 1.40 bits per heavy atom. The molecule has 84 valence electrons. The second-order valence-corrected chi connectivity index (χ2v) is 3.81. The van der Waals surface area contributed by atoms with Crippen LogP contribution in [-0.4, -0.2) is 64.9 Å². The number of hydrogen-bond acceptors (Lipinski definition) is 4. The van der Waals surface area contributed by atoms with Crippen LogP contribution in [0.25, 0.3) is 0 Å². The summed E-state index contributed by atoms with van der Waals surface area (Å²) in [4.78, 5) is 15.4. The van der Waals surface area contributed by atoms with Crippen LogP contribution in [0.3, 0.4) is 0 Å². The monoisotopic (exact) mass is 211 g/mol. The first-order chi connectivity index (χ1) is 7.00. The summed E-state index contributed by atoms with van der Waals surface area (Å²) in [5.41, 5.74) is 0.388. The molecule has 0 aromatic carbocycles. The van der Waals surface area contributed by atoms with E-state index in [4.69, 9.17) is 0 Å². The quantitative estimate of drug-likeness (QED) is 0.670. The molecule has 6 nitrogen and oxygen atoms in total. The second kappa shape index (κ2) is 4.88. The van der Waals surface area contributed by atoms with Crippen LogP contribution in [0.4, 0.5) is 0 Å². The number of rotatable bonds is 4. The summed E-state index contributed by atoms with van der Waals surface area (Å²) in [5.74, 6) is -0.0926. The van der Waals surface area contributed by atoms with Gasteiger partial charge in [-0.2, -0.15) is 0 Å². The van der Waals surface area contributed by atoms with Crippen molar-refractivity contribution < 1.29 is 4.79 Å².